The Morgan fingerprint density at radius 2 is 1.83 bits per heavy atom. The maximum absolute atomic E-state index is 13.0. The Morgan fingerprint density at radius 1 is 1.09 bits per heavy atom. The second-order valence-electron chi connectivity index (χ2n) is 5.91. The summed E-state index contributed by atoms with van der Waals surface area (Å²) in [7, 11) is -3.67. The molecule has 0 spiro atoms. The van der Waals surface area contributed by atoms with Crippen LogP contribution in [0, 0.1) is 5.82 Å². The van der Waals surface area contributed by atoms with Crippen molar-refractivity contribution in [1.82, 2.24) is 5.32 Å². The predicted molar refractivity (Wildman–Crippen MR) is 82.9 cm³/mol. The third-order valence-electron chi connectivity index (χ3n) is 4.52. The summed E-state index contributed by atoms with van der Waals surface area (Å²) < 4.78 is 44.3. The highest BCUT2D eigenvalue weighted by molar-refractivity contribution is 7.91. The standard InChI is InChI=1S/C17H16FNO3S/c18-11-1-3-12(4-2-11)23(20,21)13-5-6-14-15-7-8-19-10-17(15)22-16(14)9-13/h1-6,9,15,17,19H,7-8,10H2. The third-order valence-corrected chi connectivity index (χ3v) is 6.29. The van der Waals surface area contributed by atoms with E-state index in [-0.39, 0.29) is 15.9 Å². The highest BCUT2D eigenvalue weighted by Crippen LogP contribution is 2.42. The van der Waals surface area contributed by atoms with Crippen molar-refractivity contribution >= 4 is 9.84 Å². The smallest absolute Gasteiger partial charge is 0.206 e. The Morgan fingerprint density at radius 3 is 2.61 bits per heavy atom. The fraction of sp³-hybridized carbons (Fsp3) is 0.294. The van der Waals surface area contributed by atoms with E-state index in [9.17, 15) is 12.8 Å². The zero-order valence-corrected chi connectivity index (χ0v) is 13.1. The first kappa shape index (κ1) is 14.7. The van der Waals surface area contributed by atoms with Crippen LogP contribution in [0.25, 0.3) is 0 Å². The molecule has 1 fully saturated rings. The van der Waals surface area contributed by atoms with E-state index in [0.717, 1.165) is 37.2 Å². The lowest BCUT2D eigenvalue weighted by atomic mass is 9.90. The van der Waals surface area contributed by atoms with Crippen LogP contribution in [0.2, 0.25) is 0 Å². The molecule has 0 saturated carbocycles. The molecule has 6 heteroatoms. The topological polar surface area (TPSA) is 55.4 Å². The molecule has 0 aromatic heterocycles. The minimum Gasteiger partial charge on any atom is -0.488 e. The lowest BCUT2D eigenvalue weighted by Crippen LogP contribution is -2.39. The fourth-order valence-corrected chi connectivity index (χ4v) is 4.59. The maximum Gasteiger partial charge on any atom is 0.206 e. The summed E-state index contributed by atoms with van der Waals surface area (Å²) in [5.41, 5.74) is 1.08. The molecule has 2 aliphatic heterocycles. The van der Waals surface area contributed by atoms with Crippen molar-refractivity contribution in [2.45, 2.75) is 28.2 Å². The number of rotatable bonds is 2. The Hall–Kier alpha value is -1.92. The molecule has 2 aliphatic rings. The first-order valence-electron chi connectivity index (χ1n) is 7.58. The van der Waals surface area contributed by atoms with Crippen LogP contribution in [-0.2, 0) is 9.84 Å². The normalized spacial score (nSPS) is 23.0. The summed E-state index contributed by atoms with van der Waals surface area (Å²) in [6, 6.07) is 9.91. The number of benzene rings is 2. The van der Waals surface area contributed by atoms with E-state index < -0.39 is 15.7 Å². The van der Waals surface area contributed by atoms with Crippen LogP contribution in [-0.4, -0.2) is 27.6 Å². The number of piperidine rings is 1. The minimum atomic E-state index is -3.67. The lowest BCUT2D eigenvalue weighted by molar-refractivity contribution is 0.176. The number of halogens is 1. The van der Waals surface area contributed by atoms with Gasteiger partial charge in [-0.15, -0.1) is 0 Å². The van der Waals surface area contributed by atoms with Gasteiger partial charge in [-0.25, -0.2) is 12.8 Å². The molecule has 2 aromatic carbocycles. The van der Waals surface area contributed by atoms with E-state index in [1.165, 1.54) is 12.1 Å². The van der Waals surface area contributed by atoms with Crippen LogP contribution in [0.4, 0.5) is 4.39 Å². The molecule has 0 amide bonds. The van der Waals surface area contributed by atoms with Crippen molar-refractivity contribution in [3.8, 4) is 5.75 Å². The molecular formula is C17H16FNO3S. The van der Waals surface area contributed by atoms with Crippen LogP contribution in [0.3, 0.4) is 0 Å². The zero-order valence-electron chi connectivity index (χ0n) is 12.3. The number of hydrogen-bond acceptors (Lipinski definition) is 4. The summed E-state index contributed by atoms with van der Waals surface area (Å²) in [5, 5.41) is 3.29. The molecule has 120 valence electrons. The molecular weight excluding hydrogens is 317 g/mol. The fourth-order valence-electron chi connectivity index (χ4n) is 3.31. The van der Waals surface area contributed by atoms with Crippen molar-refractivity contribution in [3.05, 3.63) is 53.8 Å². The van der Waals surface area contributed by atoms with Gasteiger partial charge in [0.2, 0.25) is 9.84 Å². The second kappa shape index (κ2) is 5.32. The van der Waals surface area contributed by atoms with Gasteiger partial charge in [-0.1, -0.05) is 6.07 Å². The van der Waals surface area contributed by atoms with Crippen LogP contribution in [0.5, 0.6) is 5.75 Å². The molecule has 1 saturated heterocycles. The molecule has 4 nitrogen and oxygen atoms in total. The Bertz CT molecular complexity index is 849. The predicted octanol–water partition coefficient (Wildman–Crippen LogP) is 2.50. The quantitative estimate of drug-likeness (QED) is 0.858. The molecule has 2 atom stereocenters. The van der Waals surface area contributed by atoms with Crippen LogP contribution >= 0.6 is 0 Å². The first-order chi connectivity index (χ1) is 11.1. The van der Waals surface area contributed by atoms with Gasteiger partial charge in [0.05, 0.1) is 9.79 Å². The molecule has 4 rings (SSSR count). The molecule has 2 aromatic rings. The summed E-state index contributed by atoms with van der Waals surface area (Å²) in [4.78, 5) is 0.255. The number of fused-ring (bicyclic) bond motifs is 3. The van der Waals surface area contributed by atoms with E-state index in [2.05, 4.69) is 5.32 Å². The molecule has 0 bridgehead atoms. The van der Waals surface area contributed by atoms with Gasteiger partial charge in [0.15, 0.2) is 0 Å². The Kier molecular flexibility index (Phi) is 3.39. The first-order valence-corrected chi connectivity index (χ1v) is 9.06. The molecule has 0 aliphatic carbocycles. The van der Waals surface area contributed by atoms with Crippen LogP contribution in [0.15, 0.2) is 52.3 Å². The van der Waals surface area contributed by atoms with Gasteiger partial charge in [0.1, 0.15) is 17.7 Å². The molecule has 2 unspecified atom stereocenters. The third kappa shape index (κ3) is 2.42. The van der Waals surface area contributed by atoms with E-state index in [1.54, 1.807) is 12.1 Å². The van der Waals surface area contributed by atoms with Crippen molar-refractivity contribution in [1.29, 1.82) is 0 Å². The highest BCUT2D eigenvalue weighted by atomic mass is 32.2. The van der Waals surface area contributed by atoms with Gasteiger partial charge < -0.3 is 10.1 Å². The zero-order chi connectivity index (χ0) is 16.0. The molecule has 23 heavy (non-hydrogen) atoms. The van der Waals surface area contributed by atoms with Gasteiger partial charge in [-0.2, -0.15) is 0 Å². The summed E-state index contributed by atoms with van der Waals surface area (Å²) >= 11 is 0. The van der Waals surface area contributed by atoms with Gasteiger partial charge >= 0.3 is 0 Å². The van der Waals surface area contributed by atoms with Gasteiger partial charge in [0.25, 0.3) is 0 Å². The number of ether oxygens (including phenoxy) is 1. The van der Waals surface area contributed by atoms with Gasteiger partial charge in [0, 0.05) is 18.0 Å². The lowest BCUT2D eigenvalue weighted by Gasteiger charge is -2.24. The van der Waals surface area contributed by atoms with Crippen LogP contribution in [0.1, 0.15) is 17.9 Å². The average Bonchev–Trinajstić information content (AvgIpc) is 2.93. The Labute approximate surface area is 134 Å². The van der Waals surface area contributed by atoms with Gasteiger partial charge in [-0.05, 0) is 49.4 Å². The SMILES string of the molecule is O=S(=O)(c1ccc(F)cc1)c1ccc2c(c1)OC1CNCCC21. The maximum atomic E-state index is 13.0. The van der Waals surface area contributed by atoms with Crippen molar-refractivity contribution in [2.24, 2.45) is 0 Å². The van der Waals surface area contributed by atoms with Crippen molar-refractivity contribution in [3.63, 3.8) is 0 Å². The summed E-state index contributed by atoms with van der Waals surface area (Å²) in [6.07, 6.45) is 1.06. The highest BCUT2D eigenvalue weighted by Gasteiger charge is 2.36. The van der Waals surface area contributed by atoms with E-state index in [0.29, 0.717) is 11.7 Å². The Balaban J connectivity index is 1.73. The summed E-state index contributed by atoms with van der Waals surface area (Å²) in [5.74, 6) is 0.513. The summed E-state index contributed by atoms with van der Waals surface area (Å²) in [6.45, 7) is 1.72. The average molecular weight is 333 g/mol. The number of nitrogens with one attached hydrogen (secondary N) is 1. The van der Waals surface area contributed by atoms with Gasteiger partial charge in [-0.3, -0.25) is 0 Å². The van der Waals surface area contributed by atoms with E-state index in [1.807, 2.05) is 6.07 Å². The van der Waals surface area contributed by atoms with E-state index >= 15 is 0 Å². The van der Waals surface area contributed by atoms with Crippen molar-refractivity contribution < 1.29 is 17.5 Å². The second-order valence-corrected chi connectivity index (χ2v) is 7.86. The molecule has 0 radical (unpaired) electrons. The van der Waals surface area contributed by atoms with Crippen molar-refractivity contribution in [2.75, 3.05) is 13.1 Å². The largest absolute Gasteiger partial charge is 0.488 e. The number of hydrogen-bond donors (Lipinski definition) is 1. The van der Waals surface area contributed by atoms with Crippen LogP contribution < -0.4 is 10.1 Å². The minimum absolute atomic E-state index is 0.0718. The number of sulfone groups is 1. The molecule has 2 heterocycles. The van der Waals surface area contributed by atoms with E-state index in [4.69, 9.17) is 4.74 Å². The monoisotopic (exact) mass is 333 g/mol. The molecule has 1 N–H and O–H groups in total.